The van der Waals surface area contributed by atoms with E-state index in [0.29, 0.717) is 38.7 Å². The van der Waals surface area contributed by atoms with Gasteiger partial charge in [0.05, 0.1) is 17.3 Å². The molecule has 1 N–H and O–H groups in total. The highest BCUT2D eigenvalue weighted by atomic mass is 79.9. The number of nitrogens with one attached hydrogen (secondary N) is 1. The van der Waals surface area contributed by atoms with Crippen LogP contribution in [0, 0.1) is 12.3 Å². The molecule has 26 heavy (non-hydrogen) atoms. The fourth-order valence-corrected chi connectivity index (χ4v) is 2.71. The van der Waals surface area contributed by atoms with Crippen LogP contribution in [0.4, 0.5) is 0 Å². The number of terminal acetylenes is 1. The maximum Gasteiger partial charge on any atom is 0.271 e. The van der Waals surface area contributed by atoms with Gasteiger partial charge in [-0.3, -0.25) is 4.79 Å². The Hall–Kier alpha value is -2.49. The van der Waals surface area contributed by atoms with Gasteiger partial charge in [0.2, 0.25) is 0 Å². The Balaban J connectivity index is 2.12. The highest BCUT2D eigenvalue weighted by Gasteiger charge is 2.11. The molecule has 0 aliphatic heterocycles. The zero-order valence-corrected chi connectivity index (χ0v) is 16.3. The van der Waals surface area contributed by atoms with Gasteiger partial charge in [-0.15, -0.1) is 6.42 Å². The van der Waals surface area contributed by atoms with Gasteiger partial charge in [0.15, 0.2) is 11.5 Å². The quantitative estimate of drug-likeness (QED) is 0.401. The van der Waals surface area contributed by atoms with Gasteiger partial charge in [-0.2, -0.15) is 5.10 Å². The van der Waals surface area contributed by atoms with Crippen LogP contribution in [0.25, 0.3) is 0 Å². The van der Waals surface area contributed by atoms with Gasteiger partial charge in [-0.25, -0.2) is 5.43 Å². The van der Waals surface area contributed by atoms with Crippen LogP contribution in [-0.2, 0) is 0 Å². The molecule has 0 aliphatic rings. The van der Waals surface area contributed by atoms with E-state index >= 15 is 0 Å². The third-order valence-electron chi connectivity index (χ3n) is 3.12. The molecule has 0 saturated heterocycles. The van der Waals surface area contributed by atoms with Crippen molar-refractivity contribution in [3.8, 4) is 23.8 Å². The van der Waals surface area contributed by atoms with E-state index in [0.717, 1.165) is 0 Å². The second kappa shape index (κ2) is 9.85. The van der Waals surface area contributed by atoms with E-state index < -0.39 is 0 Å². The zero-order chi connectivity index (χ0) is 18.9. The van der Waals surface area contributed by atoms with Crippen LogP contribution in [-0.4, -0.2) is 25.3 Å². The van der Waals surface area contributed by atoms with Gasteiger partial charge in [-0.05, 0) is 64.8 Å². The first-order valence-corrected chi connectivity index (χ1v) is 8.83. The molecule has 0 unspecified atom stereocenters. The summed E-state index contributed by atoms with van der Waals surface area (Å²) in [5.41, 5.74) is 3.63. The first kappa shape index (κ1) is 19.8. The molecule has 2 rings (SSSR count). The van der Waals surface area contributed by atoms with E-state index in [1.807, 2.05) is 6.92 Å². The molecule has 0 atom stereocenters. The topological polar surface area (TPSA) is 59.9 Å². The van der Waals surface area contributed by atoms with Crippen LogP contribution in [0.5, 0.6) is 11.5 Å². The number of nitrogens with zero attached hydrogens (tertiary/aromatic N) is 1. The predicted octanol–water partition coefficient (Wildman–Crippen LogP) is 4.28. The second-order valence-corrected chi connectivity index (χ2v) is 6.25. The zero-order valence-electron chi connectivity index (χ0n) is 14.0. The number of hydrogen-bond donors (Lipinski definition) is 1. The van der Waals surface area contributed by atoms with Crippen LogP contribution in [0.15, 0.2) is 46.0 Å². The summed E-state index contributed by atoms with van der Waals surface area (Å²) in [6, 6.07) is 10.1. The fraction of sp³-hybridized carbons (Fsp3) is 0.158. The molecule has 0 bridgehead atoms. The summed E-state index contributed by atoms with van der Waals surface area (Å²) in [5, 5.41) is 4.53. The number of rotatable bonds is 7. The number of benzene rings is 2. The van der Waals surface area contributed by atoms with E-state index in [4.69, 9.17) is 27.5 Å². The lowest BCUT2D eigenvalue weighted by molar-refractivity contribution is 0.0955. The lowest BCUT2D eigenvalue weighted by Crippen LogP contribution is -2.17. The van der Waals surface area contributed by atoms with Crippen molar-refractivity contribution in [2.45, 2.75) is 6.92 Å². The number of halogens is 2. The summed E-state index contributed by atoms with van der Waals surface area (Å²) >= 11 is 9.23. The summed E-state index contributed by atoms with van der Waals surface area (Å²) in [6.07, 6.45) is 6.74. The summed E-state index contributed by atoms with van der Waals surface area (Å²) in [5.74, 6) is 3.13. The van der Waals surface area contributed by atoms with Crippen molar-refractivity contribution < 1.29 is 14.3 Å². The highest BCUT2D eigenvalue weighted by molar-refractivity contribution is 9.10. The second-order valence-electron chi connectivity index (χ2n) is 4.96. The van der Waals surface area contributed by atoms with Gasteiger partial charge in [-0.1, -0.05) is 17.5 Å². The Morgan fingerprint density at radius 1 is 1.35 bits per heavy atom. The van der Waals surface area contributed by atoms with Gasteiger partial charge in [0, 0.05) is 10.6 Å². The molecule has 134 valence electrons. The minimum atomic E-state index is -0.337. The molecule has 1 amide bonds. The van der Waals surface area contributed by atoms with Crippen molar-refractivity contribution in [3.05, 3.63) is 57.0 Å². The van der Waals surface area contributed by atoms with E-state index in [1.54, 1.807) is 36.4 Å². The molecular formula is C19H16BrClN2O3. The van der Waals surface area contributed by atoms with Crippen molar-refractivity contribution in [3.63, 3.8) is 0 Å². The van der Waals surface area contributed by atoms with Crippen molar-refractivity contribution in [1.82, 2.24) is 5.43 Å². The largest absolute Gasteiger partial charge is 0.490 e. The SMILES string of the molecule is C#CCOc1c(Br)cc(/C=N\NC(=O)c2ccc(Cl)cc2)cc1OCC. The van der Waals surface area contributed by atoms with Crippen molar-refractivity contribution in [2.75, 3.05) is 13.2 Å². The summed E-state index contributed by atoms with van der Waals surface area (Å²) < 4.78 is 11.8. The predicted molar refractivity (Wildman–Crippen MR) is 106 cm³/mol. The standard InChI is InChI=1S/C19H16BrClN2O3/c1-3-9-26-18-16(20)10-13(11-17(18)25-4-2)12-22-23-19(24)14-5-7-15(21)8-6-14/h1,5-8,10-12H,4,9H2,2H3,(H,23,24)/b22-12-. The maximum atomic E-state index is 12.0. The number of hydrogen-bond acceptors (Lipinski definition) is 4. The molecule has 2 aromatic rings. The number of ether oxygens (including phenoxy) is 2. The Kier molecular flexibility index (Phi) is 7.52. The van der Waals surface area contributed by atoms with Crippen molar-refractivity contribution in [1.29, 1.82) is 0 Å². The molecule has 0 spiro atoms. The maximum absolute atomic E-state index is 12.0. The molecule has 0 radical (unpaired) electrons. The summed E-state index contributed by atoms with van der Waals surface area (Å²) in [4.78, 5) is 12.0. The van der Waals surface area contributed by atoms with Gasteiger partial charge in [0.1, 0.15) is 6.61 Å². The van der Waals surface area contributed by atoms with E-state index in [2.05, 4.69) is 32.4 Å². The average molecular weight is 436 g/mol. The number of carbonyl (C=O) groups excluding carboxylic acids is 1. The number of amides is 1. The smallest absolute Gasteiger partial charge is 0.271 e. The number of carbonyl (C=O) groups is 1. The van der Waals surface area contributed by atoms with Crippen LogP contribution in [0.1, 0.15) is 22.8 Å². The molecule has 5 nitrogen and oxygen atoms in total. The normalized spacial score (nSPS) is 10.4. The molecule has 0 aliphatic carbocycles. The van der Waals surface area contributed by atoms with E-state index in [1.165, 1.54) is 6.21 Å². The van der Waals surface area contributed by atoms with Crippen molar-refractivity contribution >= 4 is 39.7 Å². The van der Waals surface area contributed by atoms with Crippen molar-refractivity contribution in [2.24, 2.45) is 5.10 Å². The van der Waals surface area contributed by atoms with Gasteiger partial charge in [0.25, 0.3) is 5.91 Å². The van der Waals surface area contributed by atoms with Crippen LogP contribution in [0.3, 0.4) is 0 Å². The summed E-state index contributed by atoms with van der Waals surface area (Å²) in [7, 11) is 0. The van der Waals surface area contributed by atoms with Crippen LogP contribution >= 0.6 is 27.5 Å². The minimum absolute atomic E-state index is 0.128. The van der Waals surface area contributed by atoms with Gasteiger partial charge >= 0.3 is 0 Å². The molecular weight excluding hydrogens is 420 g/mol. The fourth-order valence-electron chi connectivity index (χ4n) is 2.01. The van der Waals surface area contributed by atoms with E-state index in [9.17, 15) is 4.79 Å². The highest BCUT2D eigenvalue weighted by Crippen LogP contribution is 2.36. The lowest BCUT2D eigenvalue weighted by atomic mass is 10.2. The Bertz CT molecular complexity index is 845. The first-order valence-electron chi connectivity index (χ1n) is 7.66. The summed E-state index contributed by atoms with van der Waals surface area (Å²) in [6.45, 7) is 2.46. The Labute approximate surface area is 165 Å². The molecule has 7 heteroatoms. The number of hydrazone groups is 1. The molecule has 0 heterocycles. The molecule has 0 fully saturated rings. The molecule has 0 saturated carbocycles. The average Bonchev–Trinajstić information content (AvgIpc) is 2.62. The van der Waals surface area contributed by atoms with Gasteiger partial charge < -0.3 is 9.47 Å². The van der Waals surface area contributed by atoms with E-state index in [-0.39, 0.29) is 12.5 Å². The first-order chi connectivity index (χ1) is 12.5. The monoisotopic (exact) mass is 434 g/mol. The Morgan fingerprint density at radius 3 is 2.73 bits per heavy atom. The third kappa shape index (κ3) is 5.51. The molecule has 0 aromatic heterocycles. The lowest BCUT2D eigenvalue weighted by Gasteiger charge is -2.13. The van der Waals surface area contributed by atoms with Crippen LogP contribution in [0.2, 0.25) is 5.02 Å². The van der Waals surface area contributed by atoms with Crippen LogP contribution < -0.4 is 14.9 Å². The minimum Gasteiger partial charge on any atom is -0.490 e. The third-order valence-corrected chi connectivity index (χ3v) is 3.96. The Morgan fingerprint density at radius 2 is 2.08 bits per heavy atom. The molecule has 2 aromatic carbocycles.